The van der Waals surface area contributed by atoms with Crippen LogP contribution in [0.3, 0.4) is 0 Å². The van der Waals surface area contributed by atoms with Gasteiger partial charge in [0.1, 0.15) is 0 Å². The molecule has 0 bridgehead atoms. The van der Waals surface area contributed by atoms with Crippen LogP contribution in [0.1, 0.15) is 51.7 Å². The highest BCUT2D eigenvalue weighted by molar-refractivity contribution is 6.05. The fourth-order valence-electron chi connectivity index (χ4n) is 3.20. The number of guanidine groups is 1. The molecule has 0 fully saturated rings. The van der Waals surface area contributed by atoms with Crippen molar-refractivity contribution in [3.05, 3.63) is 59.7 Å². The minimum atomic E-state index is 0.427. The summed E-state index contributed by atoms with van der Waals surface area (Å²) in [4.78, 5) is 4.19. The van der Waals surface area contributed by atoms with Gasteiger partial charge >= 0.3 is 0 Å². The normalized spacial score (nSPS) is 10.8. The van der Waals surface area contributed by atoms with E-state index in [-0.39, 0.29) is 0 Å². The average Bonchev–Trinajstić information content (AvgIpc) is 2.63. The van der Waals surface area contributed by atoms with E-state index in [1.807, 2.05) is 0 Å². The topological polar surface area (TPSA) is 30.3 Å². The molecule has 134 valence electrons. The van der Waals surface area contributed by atoms with Crippen LogP contribution in [-0.4, -0.2) is 19.0 Å². The molecule has 25 heavy (non-hydrogen) atoms. The van der Waals surface area contributed by atoms with Crippen molar-refractivity contribution in [2.24, 2.45) is 0 Å². The van der Waals surface area contributed by atoms with Crippen LogP contribution >= 0.6 is 0 Å². The van der Waals surface area contributed by atoms with Crippen molar-refractivity contribution in [1.82, 2.24) is 0 Å². The number of benzene rings is 2. The number of rotatable bonds is 6. The molecule has 0 aromatic heterocycles. The Bertz CT molecular complexity index is 706. The second-order valence-corrected chi connectivity index (χ2v) is 6.55. The summed E-state index contributed by atoms with van der Waals surface area (Å²) in [6.45, 7) is 12.3. The lowest BCUT2D eigenvalue weighted by Crippen LogP contribution is -2.44. The first kappa shape index (κ1) is 19.0. The Labute approximate surface area is 152 Å². The highest BCUT2D eigenvalue weighted by atomic mass is 15.4. The smallest absolute Gasteiger partial charge is 0.202 e. The quantitative estimate of drug-likeness (QED) is 0.544. The van der Waals surface area contributed by atoms with Crippen molar-refractivity contribution in [2.75, 3.05) is 22.9 Å². The number of nitrogens with one attached hydrogen (secondary N) is 1. The van der Waals surface area contributed by atoms with Gasteiger partial charge in [-0.15, -0.1) is 0 Å². The molecule has 0 aliphatic rings. The monoisotopic (exact) mass is 337 g/mol. The van der Waals surface area contributed by atoms with Gasteiger partial charge in [0.05, 0.1) is 0 Å². The lowest BCUT2D eigenvalue weighted by Gasteiger charge is -2.34. The minimum Gasteiger partial charge on any atom is -0.313 e. The van der Waals surface area contributed by atoms with Gasteiger partial charge in [0.2, 0.25) is 5.96 Å². The van der Waals surface area contributed by atoms with Crippen molar-refractivity contribution < 1.29 is 0 Å². The zero-order chi connectivity index (χ0) is 18.4. The molecule has 0 saturated heterocycles. The van der Waals surface area contributed by atoms with Gasteiger partial charge < -0.3 is 9.80 Å². The maximum atomic E-state index is 8.90. The molecule has 0 atom stereocenters. The molecule has 0 unspecified atom stereocenters. The van der Waals surface area contributed by atoms with Crippen LogP contribution < -0.4 is 9.80 Å². The van der Waals surface area contributed by atoms with Gasteiger partial charge in [-0.25, -0.2) is 0 Å². The highest BCUT2D eigenvalue weighted by Crippen LogP contribution is 2.29. The Morgan fingerprint density at radius 2 is 1.60 bits per heavy atom. The van der Waals surface area contributed by atoms with Gasteiger partial charge in [0, 0.05) is 24.5 Å². The molecule has 2 aromatic rings. The van der Waals surface area contributed by atoms with E-state index in [0.717, 1.165) is 30.9 Å². The van der Waals surface area contributed by atoms with E-state index in [4.69, 9.17) is 5.41 Å². The number of hydrogen-bond acceptors (Lipinski definition) is 1. The summed E-state index contributed by atoms with van der Waals surface area (Å²) in [6.07, 6.45) is 1.01. The number of nitrogens with zero attached hydrogens (tertiary/aromatic N) is 2. The van der Waals surface area contributed by atoms with Gasteiger partial charge in [-0.05, 0) is 55.5 Å². The molecule has 0 aliphatic carbocycles. The van der Waals surface area contributed by atoms with E-state index in [9.17, 15) is 0 Å². The molecule has 3 nitrogen and oxygen atoms in total. The Morgan fingerprint density at radius 3 is 2.20 bits per heavy atom. The van der Waals surface area contributed by atoms with Crippen LogP contribution in [0.2, 0.25) is 0 Å². The lowest BCUT2D eigenvalue weighted by molar-refractivity contribution is 0.853. The summed E-state index contributed by atoms with van der Waals surface area (Å²) in [5.74, 6) is 0.961. The van der Waals surface area contributed by atoms with E-state index in [0.29, 0.717) is 11.9 Å². The summed E-state index contributed by atoms with van der Waals surface area (Å²) in [6, 6.07) is 17.0. The van der Waals surface area contributed by atoms with Crippen LogP contribution in [0.15, 0.2) is 48.5 Å². The van der Waals surface area contributed by atoms with E-state index >= 15 is 0 Å². The Kier molecular flexibility index (Phi) is 6.63. The summed E-state index contributed by atoms with van der Waals surface area (Å²) in [5.41, 5.74) is 4.81. The number of aryl methyl sites for hydroxylation is 1. The SMILES string of the molecule is CCc1cccc(N(CC)C(=N)N(CC)c2ccccc2C(C)C)c1. The lowest BCUT2D eigenvalue weighted by atomic mass is 10.0. The van der Waals surface area contributed by atoms with E-state index in [2.05, 4.69) is 92.9 Å². The summed E-state index contributed by atoms with van der Waals surface area (Å²) >= 11 is 0. The first-order valence-electron chi connectivity index (χ1n) is 9.34. The fourth-order valence-corrected chi connectivity index (χ4v) is 3.20. The van der Waals surface area contributed by atoms with E-state index in [1.54, 1.807) is 0 Å². The second kappa shape index (κ2) is 8.70. The third-order valence-electron chi connectivity index (χ3n) is 4.62. The molecule has 0 heterocycles. The third-order valence-corrected chi connectivity index (χ3v) is 4.62. The van der Waals surface area contributed by atoms with E-state index < -0.39 is 0 Å². The number of para-hydroxylation sites is 1. The average molecular weight is 338 g/mol. The van der Waals surface area contributed by atoms with Gasteiger partial charge in [0.25, 0.3) is 0 Å². The van der Waals surface area contributed by atoms with Gasteiger partial charge in [-0.1, -0.05) is 51.1 Å². The zero-order valence-corrected chi connectivity index (χ0v) is 16.2. The van der Waals surface area contributed by atoms with Crippen LogP contribution in [0, 0.1) is 5.41 Å². The summed E-state index contributed by atoms with van der Waals surface area (Å²) in [5, 5.41) is 8.90. The molecule has 0 amide bonds. The summed E-state index contributed by atoms with van der Waals surface area (Å²) < 4.78 is 0. The largest absolute Gasteiger partial charge is 0.313 e. The van der Waals surface area contributed by atoms with Crippen LogP contribution in [-0.2, 0) is 6.42 Å². The van der Waals surface area contributed by atoms with Crippen LogP contribution in [0.4, 0.5) is 11.4 Å². The predicted octanol–water partition coefficient (Wildman–Crippen LogP) is 5.66. The van der Waals surface area contributed by atoms with Crippen molar-refractivity contribution in [1.29, 1.82) is 5.41 Å². The van der Waals surface area contributed by atoms with E-state index in [1.165, 1.54) is 11.1 Å². The Balaban J connectivity index is 2.40. The molecule has 2 rings (SSSR count). The number of anilines is 2. The zero-order valence-electron chi connectivity index (χ0n) is 16.2. The van der Waals surface area contributed by atoms with Crippen molar-refractivity contribution >= 4 is 17.3 Å². The molecule has 1 N–H and O–H groups in total. The molecular formula is C22H31N3. The standard InChI is InChI=1S/C22H31N3/c1-6-18-12-11-13-19(16-18)24(7-2)22(23)25(8-3)21-15-10-9-14-20(21)17(4)5/h9-17,23H,6-8H2,1-5H3. The molecule has 0 radical (unpaired) electrons. The summed E-state index contributed by atoms with van der Waals surface area (Å²) in [7, 11) is 0. The van der Waals surface area contributed by atoms with Crippen molar-refractivity contribution in [3.8, 4) is 0 Å². The fraction of sp³-hybridized carbons (Fsp3) is 0.409. The van der Waals surface area contributed by atoms with Crippen molar-refractivity contribution in [2.45, 2.75) is 47.0 Å². The number of hydrogen-bond donors (Lipinski definition) is 1. The maximum absolute atomic E-state index is 8.90. The Hall–Kier alpha value is -2.29. The predicted molar refractivity (Wildman–Crippen MR) is 110 cm³/mol. The molecule has 0 saturated carbocycles. The molecule has 3 heteroatoms. The molecule has 0 spiro atoms. The Morgan fingerprint density at radius 1 is 0.920 bits per heavy atom. The van der Waals surface area contributed by atoms with Crippen LogP contribution in [0.5, 0.6) is 0 Å². The van der Waals surface area contributed by atoms with Crippen LogP contribution in [0.25, 0.3) is 0 Å². The molecule has 0 aliphatic heterocycles. The highest BCUT2D eigenvalue weighted by Gasteiger charge is 2.20. The minimum absolute atomic E-state index is 0.427. The molecular weight excluding hydrogens is 306 g/mol. The maximum Gasteiger partial charge on any atom is 0.202 e. The first-order chi connectivity index (χ1) is 12.0. The van der Waals surface area contributed by atoms with Crippen molar-refractivity contribution in [3.63, 3.8) is 0 Å². The van der Waals surface area contributed by atoms with Gasteiger partial charge in [-0.2, -0.15) is 0 Å². The second-order valence-electron chi connectivity index (χ2n) is 6.55. The first-order valence-corrected chi connectivity index (χ1v) is 9.34. The molecule has 2 aromatic carbocycles. The van der Waals surface area contributed by atoms with Gasteiger partial charge in [-0.3, -0.25) is 5.41 Å². The van der Waals surface area contributed by atoms with Gasteiger partial charge in [0.15, 0.2) is 0 Å². The third kappa shape index (κ3) is 4.22.